The molecule has 0 unspecified atom stereocenters. The number of Topliss-reactive ketones (excluding diaryl/α,β-unsaturated/α-hetero) is 1. The molecule has 94 valence electrons. The summed E-state index contributed by atoms with van der Waals surface area (Å²) in [5.41, 5.74) is 0.310. The van der Waals surface area contributed by atoms with Crippen molar-refractivity contribution in [1.82, 2.24) is 0 Å². The fourth-order valence-corrected chi connectivity index (χ4v) is 2.51. The summed E-state index contributed by atoms with van der Waals surface area (Å²) in [6, 6.07) is 4.48. The molecule has 0 N–H and O–H groups in total. The molecule has 0 saturated heterocycles. The topological polar surface area (TPSA) is 17.1 Å². The molecule has 0 radical (unpaired) electrons. The molecule has 17 heavy (non-hydrogen) atoms. The first kappa shape index (κ1) is 14.5. The lowest BCUT2D eigenvalue weighted by Crippen LogP contribution is -2.09. The zero-order chi connectivity index (χ0) is 12.8. The summed E-state index contributed by atoms with van der Waals surface area (Å²) in [4.78, 5) is 11.7. The van der Waals surface area contributed by atoms with Gasteiger partial charge in [-0.3, -0.25) is 4.79 Å². The van der Waals surface area contributed by atoms with Crippen LogP contribution in [0, 0.1) is 11.7 Å². The number of benzene rings is 1. The SMILES string of the molecule is CC(C)CSCC(=O)Cc1c(F)cccc1Cl. The lowest BCUT2D eigenvalue weighted by atomic mass is 10.1. The average Bonchev–Trinajstić information content (AvgIpc) is 2.23. The van der Waals surface area contributed by atoms with Gasteiger partial charge in [-0.1, -0.05) is 31.5 Å². The molecule has 1 aromatic rings. The molecule has 0 aromatic heterocycles. The molecular formula is C13H16ClFOS. The van der Waals surface area contributed by atoms with Crippen LogP contribution in [0.2, 0.25) is 5.02 Å². The second kappa shape index (κ2) is 7.02. The Morgan fingerprint density at radius 1 is 1.47 bits per heavy atom. The largest absolute Gasteiger partial charge is 0.298 e. The van der Waals surface area contributed by atoms with Gasteiger partial charge in [0, 0.05) is 17.0 Å². The van der Waals surface area contributed by atoms with Gasteiger partial charge in [-0.2, -0.15) is 11.8 Å². The highest BCUT2D eigenvalue weighted by Crippen LogP contribution is 2.20. The van der Waals surface area contributed by atoms with Crippen LogP contribution in [0.5, 0.6) is 0 Å². The molecule has 1 rings (SSSR count). The fraction of sp³-hybridized carbons (Fsp3) is 0.462. The summed E-state index contributed by atoms with van der Waals surface area (Å²) >= 11 is 7.44. The average molecular weight is 275 g/mol. The molecule has 0 amide bonds. The van der Waals surface area contributed by atoms with E-state index in [4.69, 9.17) is 11.6 Å². The zero-order valence-electron chi connectivity index (χ0n) is 10.0. The Labute approximate surface area is 111 Å². The Morgan fingerprint density at radius 3 is 2.76 bits per heavy atom. The first-order valence-corrected chi connectivity index (χ1v) is 7.06. The smallest absolute Gasteiger partial charge is 0.147 e. The number of rotatable bonds is 6. The zero-order valence-corrected chi connectivity index (χ0v) is 11.6. The van der Waals surface area contributed by atoms with E-state index in [1.807, 2.05) is 0 Å². The van der Waals surface area contributed by atoms with E-state index in [1.54, 1.807) is 23.9 Å². The molecule has 1 nitrogen and oxygen atoms in total. The molecular weight excluding hydrogens is 259 g/mol. The van der Waals surface area contributed by atoms with E-state index in [0.29, 0.717) is 22.3 Å². The first-order chi connectivity index (χ1) is 8.00. The Hall–Kier alpha value is -0.540. The van der Waals surface area contributed by atoms with Crippen molar-refractivity contribution in [2.75, 3.05) is 11.5 Å². The second-order valence-electron chi connectivity index (χ2n) is 4.32. The molecule has 0 aliphatic rings. The van der Waals surface area contributed by atoms with Crippen molar-refractivity contribution < 1.29 is 9.18 Å². The number of carbonyl (C=O) groups is 1. The first-order valence-electron chi connectivity index (χ1n) is 5.53. The van der Waals surface area contributed by atoms with Gasteiger partial charge in [0.05, 0.1) is 5.75 Å². The third-order valence-corrected chi connectivity index (χ3v) is 3.93. The molecule has 0 atom stereocenters. The van der Waals surface area contributed by atoms with Crippen molar-refractivity contribution in [3.8, 4) is 0 Å². The molecule has 1 aromatic carbocycles. The highest BCUT2D eigenvalue weighted by atomic mass is 35.5. The minimum absolute atomic E-state index is 0.0163. The minimum atomic E-state index is -0.403. The highest BCUT2D eigenvalue weighted by Gasteiger charge is 2.11. The second-order valence-corrected chi connectivity index (χ2v) is 5.76. The van der Waals surface area contributed by atoms with E-state index in [0.717, 1.165) is 5.75 Å². The van der Waals surface area contributed by atoms with Crippen LogP contribution in [0.4, 0.5) is 4.39 Å². The van der Waals surface area contributed by atoms with E-state index < -0.39 is 5.82 Å². The molecule has 0 aliphatic carbocycles. The van der Waals surface area contributed by atoms with Gasteiger partial charge in [0.15, 0.2) is 0 Å². The number of hydrogen-bond donors (Lipinski definition) is 0. The van der Waals surface area contributed by atoms with Crippen LogP contribution in [0.25, 0.3) is 0 Å². The summed E-state index contributed by atoms with van der Waals surface area (Å²) < 4.78 is 13.4. The predicted octanol–water partition coefficient (Wildman–Crippen LogP) is 3.98. The predicted molar refractivity (Wildman–Crippen MR) is 72.3 cm³/mol. The molecule has 4 heteroatoms. The monoisotopic (exact) mass is 274 g/mol. The van der Waals surface area contributed by atoms with Crippen LogP contribution in [-0.4, -0.2) is 17.3 Å². The van der Waals surface area contributed by atoms with Crippen LogP contribution >= 0.6 is 23.4 Å². The Morgan fingerprint density at radius 2 is 2.18 bits per heavy atom. The van der Waals surface area contributed by atoms with Gasteiger partial charge in [-0.05, 0) is 23.8 Å². The fourth-order valence-electron chi connectivity index (χ4n) is 1.36. The van der Waals surface area contributed by atoms with Crippen molar-refractivity contribution in [3.63, 3.8) is 0 Å². The summed E-state index contributed by atoms with van der Waals surface area (Å²) in [6.45, 7) is 4.20. The Bertz CT molecular complexity index is 373. The van der Waals surface area contributed by atoms with E-state index in [9.17, 15) is 9.18 Å². The van der Waals surface area contributed by atoms with E-state index in [-0.39, 0.29) is 12.2 Å². The number of carbonyl (C=O) groups excluding carboxylic acids is 1. The van der Waals surface area contributed by atoms with Gasteiger partial charge in [0.1, 0.15) is 11.6 Å². The van der Waals surface area contributed by atoms with Crippen molar-refractivity contribution >= 4 is 29.1 Å². The molecule has 0 spiro atoms. The van der Waals surface area contributed by atoms with E-state index in [2.05, 4.69) is 13.8 Å². The van der Waals surface area contributed by atoms with Crippen molar-refractivity contribution in [2.24, 2.45) is 5.92 Å². The van der Waals surface area contributed by atoms with Gasteiger partial charge < -0.3 is 0 Å². The van der Waals surface area contributed by atoms with Crippen molar-refractivity contribution in [1.29, 1.82) is 0 Å². The maximum Gasteiger partial charge on any atom is 0.147 e. The third kappa shape index (κ3) is 5.09. The molecule has 0 aliphatic heterocycles. The maximum absolute atomic E-state index is 13.4. The van der Waals surface area contributed by atoms with Gasteiger partial charge in [-0.25, -0.2) is 4.39 Å². The molecule has 0 heterocycles. The number of ketones is 1. The van der Waals surface area contributed by atoms with Gasteiger partial charge >= 0.3 is 0 Å². The summed E-state index contributed by atoms with van der Waals surface area (Å²) in [5.74, 6) is 1.53. The lowest BCUT2D eigenvalue weighted by molar-refractivity contribution is -0.116. The third-order valence-electron chi connectivity index (χ3n) is 2.15. The quantitative estimate of drug-likeness (QED) is 0.780. The molecule has 0 fully saturated rings. The van der Waals surface area contributed by atoms with Crippen LogP contribution in [0.1, 0.15) is 19.4 Å². The minimum Gasteiger partial charge on any atom is -0.298 e. The summed E-state index contributed by atoms with van der Waals surface area (Å²) in [7, 11) is 0. The van der Waals surface area contributed by atoms with Crippen LogP contribution < -0.4 is 0 Å². The van der Waals surface area contributed by atoms with Crippen molar-refractivity contribution in [2.45, 2.75) is 20.3 Å². The highest BCUT2D eigenvalue weighted by molar-refractivity contribution is 7.99. The Kier molecular flexibility index (Phi) is 6.00. The maximum atomic E-state index is 13.4. The normalized spacial score (nSPS) is 10.9. The summed E-state index contributed by atoms with van der Waals surface area (Å²) in [6.07, 6.45) is 0.0800. The molecule has 0 saturated carbocycles. The standard InChI is InChI=1S/C13H16ClFOS/c1-9(2)7-17-8-10(16)6-11-12(14)4-3-5-13(11)15/h3-5,9H,6-8H2,1-2H3. The van der Waals surface area contributed by atoms with Crippen LogP contribution in [-0.2, 0) is 11.2 Å². The van der Waals surface area contributed by atoms with Crippen LogP contribution in [0.15, 0.2) is 18.2 Å². The number of halogens is 2. The number of thioether (sulfide) groups is 1. The van der Waals surface area contributed by atoms with Gasteiger partial charge in [-0.15, -0.1) is 0 Å². The van der Waals surface area contributed by atoms with Crippen LogP contribution in [0.3, 0.4) is 0 Å². The Balaban J connectivity index is 2.51. The van der Waals surface area contributed by atoms with Crippen molar-refractivity contribution in [3.05, 3.63) is 34.6 Å². The number of hydrogen-bond acceptors (Lipinski definition) is 2. The van der Waals surface area contributed by atoms with E-state index in [1.165, 1.54) is 6.07 Å². The molecule has 0 bridgehead atoms. The lowest BCUT2D eigenvalue weighted by Gasteiger charge is -2.06. The van der Waals surface area contributed by atoms with Gasteiger partial charge in [0.25, 0.3) is 0 Å². The summed E-state index contributed by atoms with van der Waals surface area (Å²) in [5, 5.41) is 0.326. The van der Waals surface area contributed by atoms with E-state index >= 15 is 0 Å². The van der Waals surface area contributed by atoms with Gasteiger partial charge in [0.2, 0.25) is 0 Å².